The van der Waals surface area contributed by atoms with Crippen molar-refractivity contribution in [2.45, 2.75) is 26.9 Å². The van der Waals surface area contributed by atoms with Crippen LogP contribution in [0.1, 0.15) is 29.8 Å². The molecule has 0 atom stereocenters. The molecule has 0 amide bonds. The number of hydrogen-bond acceptors (Lipinski definition) is 3. The maximum Gasteiger partial charge on any atom is 0.339 e. The van der Waals surface area contributed by atoms with Gasteiger partial charge in [-0.25, -0.2) is 4.79 Å². The fourth-order valence-electron chi connectivity index (χ4n) is 0.847. The largest absolute Gasteiger partial charge is 0.459 e. The number of carbonyl (C=O) groups excluding carboxylic acids is 1. The number of esters is 1. The number of hydrogen-bond donors (Lipinski definition) is 0. The van der Waals surface area contributed by atoms with E-state index < -0.39 is 0 Å². The molecule has 3 heteroatoms. The van der Waals surface area contributed by atoms with Gasteiger partial charge >= 0.3 is 5.97 Å². The summed E-state index contributed by atoms with van der Waals surface area (Å²) < 4.78 is 5.04. The van der Waals surface area contributed by atoms with Crippen LogP contribution in [0.2, 0.25) is 0 Å². The zero-order chi connectivity index (χ0) is 9.14. The van der Waals surface area contributed by atoms with E-state index in [0.717, 1.165) is 5.56 Å². The molecule has 0 aliphatic rings. The Morgan fingerprint density at radius 2 is 2.17 bits per heavy atom. The quantitative estimate of drug-likeness (QED) is 0.660. The highest BCUT2D eigenvalue weighted by Crippen LogP contribution is 2.15. The van der Waals surface area contributed by atoms with Crippen molar-refractivity contribution in [3.05, 3.63) is 21.9 Å². The average molecular weight is 184 g/mol. The number of thiophene rings is 1. The third-order valence-corrected chi connectivity index (χ3v) is 2.28. The van der Waals surface area contributed by atoms with Crippen LogP contribution in [0.25, 0.3) is 0 Å². The Kier molecular flexibility index (Phi) is 2.87. The van der Waals surface area contributed by atoms with Crippen LogP contribution < -0.4 is 0 Å². The summed E-state index contributed by atoms with van der Waals surface area (Å²) >= 11 is 1.52. The van der Waals surface area contributed by atoms with E-state index >= 15 is 0 Å². The van der Waals surface area contributed by atoms with Crippen LogP contribution in [-0.4, -0.2) is 12.1 Å². The topological polar surface area (TPSA) is 26.3 Å². The molecule has 0 aliphatic heterocycles. The van der Waals surface area contributed by atoms with Crippen molar-refractivity contribution in [3.63, 3.8) is 0 Å². The number of carbonyl (C=O) groups is 1. The van der Waals surface area contributed by atoms with Crippen molar-refractivity contribution in [2.75, 3.05) is 0 Å². The van der Waals surface area contributed by atoms with Gasteiger partial charge in [-0.2, -0.15) is 11.3 Å². The second-order valence-electron chi connectivity index (χ2n) is 2.92. The fraction of sp³-hybridized carbons (Fsp3) is 0.444. The molecular formula is C9H12O2S. The molecule has 0 N–H and O–H groups in total. The Hall–Kier alpha value is -0.830. The van der Waals surface area contributed by atoms with Crippen molar-refractivity contribution < 1.29 is 9.53 Å². The van der Waals surface area contributed by atoms with Crippen molar-refractivity contribution >= 4 is 17.3 Å². The lowest BCUT2D eigenvalue weighted by Gasteiger charge is -2.06. The maximum absolute atomic E-state index is 11.3. The Labute approximate surface area is 76.2 Å². The predicted molar refractivity (Wildman–Crippen MR) is 49.6 cm³/mol. The van der Waals surface area contributed by atoms with E-state index in [-0.39, 0.29) is 12.1 Å². The number of rotatable bonds is 2. The molecule has 1 aromatic rings. The molecule has 0 aromatic carbocycles. The fourth-order valence-corrected chi connectivity index (χ4v) is 1.66. The minimum Gasteiger partial charge on any atom is -0.459 e. The lowest BCUT2D eigenvalue weighted by Crippen LogP contribution is -2.11. The van der Waals surface area contributed by atoms with Gasteiger partial charge in [0.05, 0.1) is 11.7 Å². The van der Waals surface area contributed by atoms with Crippen molar-refractivity contribution in [3.8, 4) is 0 Å². The molecule has 1 heterocycles. The molecule has 66 valence electrons. The lowest BCUT2D eigenvalue weighted by molar-refractivity contribution is 0.0378. The van der Waals surface area contributed by atoms with Gasteiger partial charge in [0.15, 0.2) is 0 Å². The number of aryl methyl sites for hydroxylation is 1. The summed E-state index contributed by atoms with van der Waals surface area (Å²) in [4.78, 5) is 11.3. The van der Waals surface area contributed by atoms with Gasteiger partial charge in [-0.1, -0.05) is 0 Å². The smallest absolute Gasteiger partial charge is 0.339 e. The molecule has 0 saturated carbocycles. The zero-order valence-electron chi connectivity index (χ0n) is 7.46. The van der Waals surface area contributed by atoms with E-state index in [1.807, 2.05) is 31.5 Å². The van der Waals surface area contributed by atoms with Gasteiger partial charge in [0.25, 0.3) is 0 Å². The Balaban J connectivity index is 2.72. The van der Waals surface area contributed by atoms with Gasteiger partial charge in [0.1, 0.15) is 0 Å². The van der Waals surface area contributed by atoms with Gasteiger partial charge in [-0.15, -0.1) is 0 Å². The van der Waals surface area contributed by atoms with E-state index in [4.69, 9.17) is 4.74 Å². The van der Waals surface area contributed by atoms with Crippen molar-refractivity contribution in [1.29, 1.82) is 0 Å². The molecule has 0 spiro atoms. The second-order valence-corrected chi connectivity index (χ2v) is 3.67. The van der Waals surface area contributed by atoms with Crippen LogP contribution in [0.4, 0.5) is 0 Å². The van der Waals surface area contributed by atoms with Crippen LogP contribution in [0.5, 0.6) is 0 Å². The Bertz CT molecular complexity index is 276. The molecule has 0 saturated heterocycles. The molecule has 12 heavy (non-hydrogen) atoms. The van der Waals surface area contributed by atoms with E-state index in [1.165, 1.54) is 11.3 Å². The second kappa shape index (κ2) is 3.72. The summed E-state index contributed by atoms with van der Waals surface area (Å²) in [7, 11) is 0. The number of ether oxygens (including phenoxy) is 1. The van der Waals surface area contributed by atoms with E-state index in [9.17, 15) is 4.79 Å². The lowest BCUT2D eigenvalue weighted by atomic mass is 10.2. The monoisotopic (exact) mass is 184 g/mol. The summed E-state index contributed by atoms with van der Waals surface area (Å²) in [6, 6.07) is 0. The molecule has 2 nitrogen and oxygen atoms in total. The molecule has 0 fully saturated rings. The summed E-state index contributed by atoms with van der Waals surface area (Å²) in [5.41, 5.74) is 1.68. The van der Waals surface area contributed by atoms with E-state index in [1.54, 1.807) is 0 Å². The van der Waals surface area contributed by atoms with Crippen LogP contribution in [-0.2, 0) is 4.74 Å². The molecule has 1 aromatic heterocycles. The first-order chi connectivity index (χ1) is 5.61. The molecule has 0 aliphatic carbocycles. The summed E-state index contributed by atoms with van der Waals surface area (Å²) in [6.45, 7) is 5.60. The first-order valence-corrected chi connectivity index (χ1v) is 4.79. The van der Waals surface area contributed by atoms with Crippen LogP contribution in [0, 0.1) is 6.92 Å². The Morgan fingerprint density at radius 1 is 1.50 bits per heavy atom. The summed E-state index contributed by atoms with van der Waals surface area (Å²) in [6.07, 6.45) is -0.0446. The van der Waals surface area contributed by atoms with Gasteiger partial charge in [0.2, 0.25) is 0 Å². The first-order valence-electron chi connectivity index (χ1n) is 3.85. The molecule has 0 bridgehead atoms. The molecule has 1 rings (SSSR count). The third-order valence-electron chi connectivity index (χ3n) is 1.42. The van der Waals surface area contributed by atoms with E-state index in [0.29, 0.717) is 5.56 Å². The highest BCUT2D eigenvalue weighted by atomic mass is 32.1. The van der Waals surface area contributed by atoms with Crippen molar-refractivity contribution in [1.82, 2.24) is 0 Å². The van der Waals surface area contributed by atoms with Crippen LogP contribution >= 0.6 is 11.3 Å². The zero-order valence-corrected chi connectivity index (χ0v) is 8.27. The highest BCUT2D eigenvalue weighted by molar-refractivity contribution is 7.08. The van der Waals surface area contributed by atoms with Crippen LogP contribution in [0.15, 0.2) is 10.8 Å². The normalized spacial score (nSPS) is 10.3. The highest BCUT2D eigenvalue weighted by Gasteiger charge is 2.11. The van der Waals surface area contributed by atoms with Crippen LogP contribution in [0.3, 0.4) is 0 Å². The van der Waals surface area contributed by atoms with Gasteiger partial charge in [-0.3, -0.25) is 0 Å². The Morgan fingerprint density at radius 3 is 2.58 bits per heavy atom. The minimum atomic E-state index is -0.219. The first kappa shape index (κ1) is 9.26. The third kappa shape index (κ3) is 2.08. The molecule has 0 radical (unpaired) electrons. The predicted octanol–water partition coefficient (Wildman–Crippen LogP) is 2.62. The van der Waals surface area contributed by atoms with E-state index in [2.05, 4.69) is 0 Å². The van der Waals surface area contributed by atoms with Crippen molar-refractivity contribution in [2.24, 2.45) is 0 Å². The van der Waals surface area contributed by atoms with Gasteiger partial charge in [0, 0.05) is 5.38 Å². The molecule has 0 unspecified atom stereocenters. The summed E-state index contributed by atoms with van der Waals surface area (Å²) in [5.74, 6) is -0.219. The average Bonchev–Trinajstić information content (AvgIpc) is 2.33. The molecular weight excluding hydrogens is 172 g/mol. The standard InChI is InChI=1S/C9H12O2S/c1-6(2)11-9(10)8-5-12-4-7(8)3/h4-6H,1-3H3. The summed E-state index contributed by atoms with van der Waals surface area (Å²) in [5, 5.41) is 3.76. The minimum absolute atomic E-state index is 0.0446. The maximum atomic E-state index is 11.3. The van der Waals surface area contributed by atoms with Gasteiger partial charge in [-0.05, 0) is 31.7 Å². The SMILES string of the molecule is Cc1cscc1C(=O)OC(C)C. The van der Waals surface area contributed by atoms with Gasteiger partial charge < -0.3 is 4.74 Å².